The minimum Gasteiger partial charge on any atom is -0.462 e. The average Bonchev–Trinajstić information content (AvgIpc) is 3.48. The van der Waals surface area contributed by atoms with Crippen molar-refractivity contribution >= 4 is 47.3 Å². The third-order valence-electron chi connectivity index (χ3n) is 6.71. The van der Waals surface area contributed by atoms with E-state index >= 15 is 0 Å². The van der Waals surface area contributed by atoms with Gasteiger partial charge in [0.1, 0.15) is 6.61 Å². The summed E-state index contributed by atoms with van der Waals surface area (Å²) in [6, 6.07) is 0. The number of amides is 1. The van der Waals surface area contributed by atoms with Gasteiger partial charge in [-0.05, 0) is 32.1 Å². The Bertz CT molecular complexity index is 784. The summed E-state index contributed by atoms with van der Waals surface area (Å²) >= 11 is 0. The van der Waals surface area contributed by atoms with Gasteiger partial charge in [-0.25, -0.2) is 4.57 Å². The largest absolute Gasteiger partial charge is 0.472 e. The second-order valence-corrected chi connectivity index (χ2v) is 14.9. The molecule has 1 amide bonds. The Morgan fingerprint density at radius 1 is 0.857 bits per heavy atom. The Balaban J connectivity index is 2.36. The van der Waals surface area contributed by atoms with E-state index in [1.165, 1.54) is 12.2 Å². The summed E-state index contributed by atoms with van der Waals surface area (Å²) in [5.74, 6) is 0.177. The topological polar surface area (TPSA) is 137 Å². The van der Waals surface area contributed by atoms with Crippen molar-refractivity contribution in [3.05, 3.63) is 0 Å². The zero-order valence-electron chi connectivity index (χ0n) is 25.7. The predicted octanol–water partition coefficient (Wildman–Crippen LogP) is 7.13. The van der Waals surface area contributed by atoms with E-state index in [2.05, 4.69) is 19.2 Å². The summed E-state index contributed by atoms with van der Waals surface area (Å²) < 4.78 is 33.1. The minimum absolute atomic E-state index is 0.0637. The highest BCUT2D eigenvalue weighted by Crippen LogP contribution is 2.43. The molecule has 1 aliphatic rings. The smallest absolute Gasteiger partial charge is 0.462 e. The Morgan fingerprint density at radius 2 is 1.50 bits per heavy atom. The fourth-order valence-electron chi connectivity index (χ4n) is 4.24. The van der Waals surface area contributed by atoms with Crippen LogP contribution >= 0.6 is 29.4 Å². The molecule has 1 saturated heterocycles. The van der Waals surface area contributed by atoms with E-state index in [9.17, 15) is 23.8 Å². The molecular formula is C29H54NO9PS2. The molecule has 1 aliphatic heterocycles. The van der Waals surface area contributed by atoms with Crippen LogP contribution in [0.4, 0.5) is 0 Å². The van der Waals surface area contributed by atoms with Crippen LogP contribution in [0.15, 0.2) is 0 Å². The van der Waals surface area contributed by atoms with Crippen molar-refractivity contribution < 1.29 is 42.4 Å². The van der Waals surface area contributed by atoms with Crippen LogP contribution in [-0.4, -0.2) is 66.2 Å². The lowest BCUT2D eigenvalue weighted by Gasteiger charge is -2.20. The molecule has 3 unspecified atom stereocenters. The Labute approximate surface area is 260 Å². The van der Waals surface area contributed by atoms with Gasteiger partial charge in [0.2, 0.25) is 5.91 Å². The van der Waals surface area contributed by atoms with E-state index in [0.29, 0.717) is 24.5 Å². The molecule has 0 bridgehead atoms. The van der Waals surface area contributed by atoms with Crippen molar-refractivity contribution in [2.24, 2.45) is 0 Å². The van der Waals surface area contributed by atoms with Crippen molar-refractivity contribution in [3.63, 3.8) is 0 Å². The van der Waals surface area contributed by atoms with Gasteiger partial charge in [0, 0.05) is 36.8 Å². The highest BCUT2D eigenvalue weighted by molar-refractivity contribution is 8.77. The zero-order chi connectivity index (χ0) is 30.9. The molecule has 42 heavy (non-hydrogen) atoms. The highest BCUT2D eigenvalue weighted by Gasteiger charge is 2.26. The lowest BCUT2D eigenvalue weighted by Crippen LogP contribution is -2.30. The monoisotopic (exact) mass is 655 g/mol. The molecule has 0 aliphatic carbocycles. The van der Waals surface area contributed by atoms with Gasteiger partial charge >= 0.3 is 19.8 Å². The van der Waals surface area contributed by atoms with Crippen LogP contribution in [0.1, 0.15) is 123 Å². The van der Waals surface area contributed by atoms with E-state index in [1.807, 2.05) is 21.6 Å². The van der Waals surface area contributed by atoms with Crippen LogP contribution in [0.5, 0.6) is 0 Å². The van der Waals surface area contributed by atoms with Gasteiger partial charge in [0.25, 0.3) is 0 Å². The molecule has 0 aromatic rings. The first kappa shape index (κ1) is 39.2. The van der Waals surface area contributed by atoms with Crippen LogP contribution in [0.2, 0.25) is 0 Å². The molecule has 13 heteroatoms. The quantitative estimate of drug-likeness (QED) is 0.0405. The number of phosphoric acid groups is 1. The van der Waals surface area contributed by atoms with Gasteiger partial charge < -0.3 is 19.7 Å². The molecule has 0 aromatic heterocycles. The number of nitrogens with one attached hydrogen (secondary N) is 1. The number of ether oxygens (including phenoxy) is 2. The normalized spacial score (nSPS) is 17.0. The number of hydrogen-bond acceptors (Lipinski definition) is 10. The van der Waals surface area contributed by atoms with Crippen molar-refractivity contribution in [2.45, 2.75) is 134 Å². The Kier molecular flexibility index (Phi) is 23.9. The van der Waals surface area contributed by atoms with E-state index in [1.54, 1.807) is 0 Å². The summed E-state index contributed by atoms with van der Waals surface area (Å²) in [5, 5.41) is 3.37. The summed E-state index contributed by atoms with van der Waals surface area (Å²) in [5.41, 5.74) is 0. The average molecular weight is 656 g/mol. The number of carbonyl (C=O) groups is 3. The number of unbranched alkanes of at least 4 members (excludes halogenated alkanes) is 9. The summed E-state index contributed by atoms with van der Waals surface area (Å²) in [7, 11) is -0.642. The molecule has 0 spiro atoms. The highest BCUT2D eigenvalue weighted by atomic mass is 33.1. The van der Waals surface area contributed by atoms with Crippen molar-refractivity contribution in [1.82, 2.24) is 5.32 Å². The van der Waals surface area contributed by atoms with Gasteiger partial charge in [-0.15, -0.1) is 0 Å². The van der Waals surface area contributed by atoms with Crippen molar-refractivity contribution in [2.75, 3.05) is 32.1 Å². The van der Waals surface area contributed by atoms with Crippen molar-refractivity contribution in [3.8, 4) is 0 Å². The van der Waals surface area contributed by atoms with Gasteiger partial charge in [-0.2, -0.15) is 0 Å². The first-order valence-corrected chi connectivity index (χ1v) is 19.7. The van der Waals surface area contributed by atoms with Gasteiger partial charge in [-0.3, -0.25) is 23.4 Å². The van der Waals surface area contributed by atoms with Crippen molar-refractivity contribution in [1.29, 1.82) is 0 Å². The van der Waals surface area contributed by atoms with Crippen LogP contribution in [-0.2, 0) is 37.5 Å². The first-order chi connectivity index (χ1) is 20.3. The van der Waals surface area contributed by atoms with Crippen LogP contribution in [0.25, 0.3) is 0 Å². The molecule has 0 saturated carbocycles. The Morgan fingerprint density at radius 3 is 2.14 bits per heavy atom. The van der Waals surface area contributed by atoms with E-state index in [4.69, 9.17) is 18.5 Å². The fourth-order valence-corrected chi connectivity index (χ4v) is 8.02. The summed E-state index contributed by atoms with van der Waals surface area (Å²) in [6.07, 6.45) is 13.8. The maximum atomic E-state index is 12.4. The predicted molar refractivity (Wildman–Crippen MR) is 169 cm³/mol. The molecule has 1 heterocycles. The van der Waals surface area contributed by atoms with Crippen LogP contribution < -0.4 is 5.32 Å². The fraction of sp³-hybridized carbons (Fsp3) is 0.897. The van der Waals surface area contributed by atoms with Crippen LogP contribution in [0, 0.1) is 0 Å². The Hall–Kier alpha value is -0.780. The molecule has 3 atom stereocenters. The van der Waals surface area contributed by atoms with Gasteiger partial charge in [-0.1, -0.05) is 93.2 Å². The number of phosphoric ester groups is 1. The third kappa shape index (κ3) is 22.7. The van der Waals surface area contributed by atoms with Gasteiger partial charge in [0.05, 0.1) is 13.2 Å². The minimum atomic E-state index is -4.49. The summed E-state index contributed by atoms with van der Waals surface area (Å²) in [4.78, 5) is 46.6. The summed E-state index contributed by atoms with van der Waals surface area (Å²) in [6.45, 7) is 3.34. The second-order valence-electron chi connectivity index (χ2n) is 10.6. The number of hydrogen-bond donors (Lipinski definition) is 2. The van der Waals surface area contributed by atoms with Crippen LogP contribution in [0.3, 0.4) is 0 Å². The molecular weight excluding hydrogens is 601 g/mol. The molecule has 1 rings (SSSR count). The molecule has 0 aromatic carbocycles. The maximum Gasteiger partial charge on any atom is 0.472 e. The van der Waals surface area contributed by atoms with E-state index in [0.717, 1.165) is 70.6 Å². The number of rotatable bonds is 27. The molecule has 10 nitrogen and oxygen atoms in total. The lowest BCUT2D eigenvalue weighted by atomic mass is 10.1. The molecule has 2 N–H and O–H groups in total. The standard InChI is InChI=1S/C29H54NO9PS2/c1-3-5-7-9-11-17-28(32)36-23-25(39-29(33)18-12-10-8-6-4-2)24-38-40(34,35)37-21-20-30-27(31)16-14-13-15-26-19-22-41-42-26/h25-26H,3-24H2,1-2H3,(H,30,31)(H,34,35). The van der Waals surface area contributed by atoms with E-state index < -0.39 is 32.5 Å². The van der Waals surface area contributed by atoms with E-state index in [-0.39, 0.29) is 38.5 Å². The second kappa shape index (κ2) is 25.5. The third-order valence-corrected chi connectivity index (χ3v) is 10.7. The lowest BCUT2D eigenvalue weighted by molar-refractivity contribution is -0.161. The van der Waals surface area contributed by atoms with Gasteiger partial charge in [0.15, 0.2) is 6.10 Å². The molecule has 246 valence electrons. The first-order valence-electron chi connectivity index (χ1n) is 15.8. The number of esters is 2. The molecule has 0 radical (unpaired) electrons. The zero-order valence-corrected chi connectivity index (χ0v) is 28.2. The number of carbonyl (C=O) groups excluding carboxylic acids is 3. The maximum absolute atomic E-state index is 12.4. The SMILES string of the molecule is CCCCCCCC(=O)OCC(COP(=O)(O)OCCNC(=O)CCCCC1CCSS1)OC(=O)CCCCCCC. The molecule has 1 fully saturated rings.